The van der Waals surface area contributed by atoms with Crippen LogP contribution in [0.4, 0.5) is 5.69 Å². The standard InChI is InChI=1S/C15H24N2O3S/c1-10-8-13(16)12(3)14(11(10)2)21(19,20)17-9-15(4-5-15)6-7-18/h8,17-18H,4-7,9,16H2,1-3H3. The van der Waals surface area contributed by atoms with Crippen molar-refractivity contribution >= 4 is 15.7 Å². The highest BCUT2D eigenvalue weighted by Crippen LogP contribution is 2.48. The Bertz CT molecular complexity index is 623. The van der Waals surface area contributed by atoms with Crippen LogP contribution in [0.25, 0.3) is 0 Å². The first-order valence-corrected chi connectivity index (χ1v) is 8.67. The summed E-state index contributed by atoms with van der Waals surface area (Å²) in [6.45, 7) is 5.87. The molecular formula is C15H24N2O3S. The summed E-state index contributed by atoms with van der Waals surface area (Å²) in [5.74, 6) is 0. The van der Waals surface area contributed by atoms with Crippen LogP contribution in [-0.4, -0.2) is 26.7 Å². The van der Waals surface area contributed by atoms with Gasteiger partial charge in [0.05, 0.1) is 4.90 Å². The fourth-order valence-corrected chi connectivity index (χ4v) is 4.42. The Morgan fingerprint density at radius 2 is 1.90 bits per heavy atom. The summed E-state index contributed by atoms with van der Waals surface area (Å²) in [6, 6.07) is 1.80. The van der Waals surface area contributed by atoms with Crippen LogP contribution in [0, 0.1) is 26.2 Å². The van der Waals surface area contributed by atoms with Crippen LogP contribution >= 0.6 is 0 Å². The molecule has 0 aromatic heterocycles. The topological polar surface area (TPSA) is 92.4 Å². The minimum absolute atomic E-state index is 0.0565. The second kappa shape index (κ2) is 5.59. The lowest BCUT2D eigenvalue weighted by molar-refractivity contribution is 0.249. The maximum Gasteiger partial charge on any atom is 0.241 e. The summed E-state index contributed by atoms with van der Waals surface area (Å²) >= 11 is 0. The normalized spacial score (nSPS) is 17.0. The van der Waals surface area contributed by atoms with Crippen molar-refractivity contribution in [2.75, 3.05) is 18.9 Å². The highest BCUT2D eigenvalue weighted by Gasteiger charge is 2.42. The van der Waals surface area contributed by atoms with Gasteiger partial charge in [0.1, 0.15) is 0 Å². The fraction of sp³-hybridized carbons (Fsp3) is 0.600. The summed E-state index contributed by atoms with van der Waals surface area (Å²) < 4.78 is 28.0. The molecule has 118 valence electrons. The Labute approximate surface area is 126 Å². The molecule has 0 amide bonds. The third kappa shape index (κ3) is 3.22. The van der Waals surface area contributed by atoms with Gasteiger partial charge in [-0.05, 0) is 68.2 Å². The van der Waals surface area contributed by atoms with E-state index in [1.54, 1.807) is 19.9 Å². The lowest BCUT2D eigenvalue weighted by Crippen LogP contribution is -2.32. The summed E-state index contributed by atoms with van der Waals surface area (Å²) in [6.07, 6.45) is 2.57. The molecule has 1 aliphatic rings. The van der Waals surface area contributed by atoms with Crippen LogP contribution in [0.5, 0.6) is 0 Å². The Kier molecular flexibility index (Phi) is 4.33. The molecule has 1 saturated carbocycles. The van der Waals surface area contributed by atoms with Crippen molar-refractivity contribution in [2.24, 2.45) is 5.41 Å². The van der Waals surface area contributed by atoms with Gasteiger partial charge >= 0.3 is 0 Å². The highest BCUT2D eigenvalue weighted by molar-refractivity contribution is 7.89. The molecule has 0 saturated heterocycles. The van der Waals surface area contributed by atoms with Crippen molar-refractivity contribution in [3.05, 3.63) is 22.8 Å². The summed E-state index contributed by atoms with van der Waals surface area (Å²) in [4.78, 5) is 0.291. The molecule has 1 aliphatic carbocycles. The molecule has 6 heteroatoms. The number of nitrogens with two attached hydrogens (primary N) is 1. The number of hydrogen-bond acceptors (Lipinski definition) is 4. The molecule has 1 aromatic carbocycles. The van der Waals surface area contributed by atoms with Gasteiger partial charge in [0, 0.05) is 18.8 Å². The quantitative estimate of drug-likeness (QED) is 0.696. The Morgan fingerprint density at radius 3 is 2.43 bits per heavy atom. The van der Waals surface area contributed by atoms with Crippen molar-refractivity contribution in [2.45, 2.75) is 44.9 Å². The first-order chi connectivity index (χ1) is 9.72. The second-order valence-electron chi connectivity index (χ2n) is 6.16. The minimum atomic E-state index is -3.59. The molecule has 0 atom stereocenters. The number of sulfonamides is 1. The van der Waals surface area contributed by atoms with Gasteiger partial charge in [0.2, 0.25) is 10.0 Å². The van der Waals surface area contributed by atoms with Crippen molar-refractivity contribution < 1.29 is 13.5 Å². The molecule has 0 spiro atoms. The predicted molar refractivity (Wildman–Crippen MR) is 83.6 cm³/mol. The number of benzene rings is 1. The monoisotopic (exact) mass is 312 g/mol. The van der Waals surface area contributed by atoms with Gasteiger partial charge in [-0.2, -0.15) is 0 Å². The third-order valence-corrected chi connectivity index (χ3v) is 6.26. The molecule has 0 unspecified atom stereocenters. The SMILES string of the molecule is Cc1cc(N)c(C)c(S(=O)(=O)NCC2(CCO)CC2)c1C. The van der Waals surface area contributed by atoms with Crippen LogP contribution in [0.1, 0.15) is 36.0 Å². The number of aliphatic hydroxyl groups is 1. The number of aryl methyl sites for hydroxylation is 1. The van der Waals surface area contributed by atoms with E-state index in [2.05, 4.69) is 4.72 Å². The zero-order valence-electron chi connectivity index (χ0n) is 12.9. The van der Waals surface area contributed by atoms with Gasteiger partial charge < -0.3 is 10.8 Å². The van der Waals surface area contributed by atoms with E-state index in [0.717, 1.165) is 24.0 Å². The molecule has 0 aliphatic heterocycles. The lowest BCUT2D eigenvalue weighted by atomic mass is 10.0. The molecule has 4 N–H and O–H groups in total. The van der Waals surface area contributed by atoms with Gasteiger partial charge in [-0.25, -0.2) is 13.1 Å². The number of rotatable bonds is 6. The number of hydrogen-bond donors (Lipinski definition) is 3. The first kappa shape index (κ1) is 16.3. The molecule has 0 radical (unpaired) electrons. The smallest absolute Gasteiger partial charge is 0.241 e. The van der Waals surface area contributed by atoms with Crippen LogP contribution < -0.4 is 10.5 Å². The van der Waals surface area contributed by atoms with Crippen LogP contribution in [0.3, 0.4) is 0 Å². The average molecular weight is 312 g/mol. The van der Waals surface area contributed by atoms with Crippen LogP contribution in [0.15, 0.2) is 11.0 Å². The minimum Gasteiger partial charge on any atom is -0.398 e. The maximum atomic E-state index is 12.6. The van der Waals surface area contributed by atoms with E-state index in [-0.39, 0.29) is 12.0 Å². The van der Waals surface area contributed by atoms with Crippen molar-refractivity contribution in [1.82, 2.24) is 4.72 Å². The summed E-state index contributed by atoms with van der Waals surface area (Å²) in [5.41, 5.74) is 8.55. The number of anilines is 1. The first-order valence-electron chi connectivity index (χ1n) is 7.19. The molecule has 2 rings (SSSR count). The number of nitrogens with one attached hydrogen (secondary N) is 1. The van der Waals surface area contributed by atoms with Gasteiger partial charge in [0.25, 0.3) is 0 Å². The Morgan fingerprint density at radius 1 is 1.29 bits per heavy atom. The van der Waals surface area contributed by atoms with Crippen LogP contribution in [-0.2, 0) is 10.0 Å². The molecule has 1 fully saturated rings. The molecule has 0 heterocycles. The summed E-state index contributed by atoms with van der Waals surface area (Å²) in [7, 11) is -3.59. The van der Waals surface area contributed by atoms with Gasteiger partial charge in [-0.1, -0.05) is 0 Å². The fourth-order valence-electron chi connectivity index (χ4n) is 2.69. The zero-order valence-corrected chi connectivity index (χ0v) is 13.7. The van der Waals surface area contributed by atoms with Crippen LogP contribution in [0.2, 0.25) is 0 Å². The van der Waals surface area contributed by atoms with Crippen molar-refractivity contribution in [1.29, 1.82) is 0 Å². The van der Waals surface area contributed by atoms with Gasteiger partial charge in [-0.15, -0.1) is 0 Å². The summed E-state index contributed by atoms with van der Waals surface area (Å²) in [5, 5.41) is 9.06. The Balaban J connectivity index is 2.28. The number of aliphatic hydroxyl groups excluding tert-OH is 1. The van der Waals surface area contributed by atoms with E-state index in [0.29, 0.717) is 29.1 Å². The molecular weight excluding hydrogens is 288 g/mol. The highest BCUT2D eigenvalue weighted by atomic mass is 32.2. The molecule has 5 nitrogen and oxygen atoms in total. The van der Waals surface area contributed by atoms with E-state index in [1.807, 2.05) is 6.92 Å². The van der Waals surface area contributed by atoms with E-state index in [4.69, 9.17) is 10.8 Å². The number of nitrogen functional groups attached to an aromatic ring is 1. The molecule has 1 aromatic rings. The van der Waals surface area contributed by atoms with Crippen molar-refractivity contribution in [3.8, 4) is 0 Å². The average Bonchev–Trinajstić information content (AvgIpc) is 3.15. The largest absolute Gasteiger partial charge is 0.398 e. The molecule has 0 bridgehead atoms. The van der Waals surface area contributed by atoms with Crippen molar-refractivity contribution in [3.63, 3.8) is 0 Å². The maximum absolute atomic E-state index is 12.6. The van der Waals surface area contributed by atoms with E-state index in [9.17, 15) is 8.42 Å². The Hall–Kier alpha value is -1.11. The second-order valence-corrected chi connectivity index (χ2v) is 7.86. The van der Waals surface area contributed by atoms with Gasteiger partial charge in [0.15, 0.2) is 0 Å². The van der Waals surface area contributed by atoms with E-state index >= 15 is 0 Å². The van der Waals surface area contributed by atoms with Gasteiger partial charge in [-0.3, -0.25) is 0 Å². The lowest BCUT2D eigenvalue weighted by Gasteiger charge is -2.18. The van der Waals surface area contributed by atoms with E-state index < -0.39 is 10.0 Å². The molecule has 21 heavy (non-hydrogen) atoms. The van der Waals surface area contributed by atoms with E-state index in [1.165, 1.54) is 0 Å². The predicted octanol–water partition coefficient (Wildman–Crippen LogP) is 1.63. The zero-order chi connectivity index (χ0) is 15.8. The third-order valence-electron chi connectivity index (χ3n) is 4.58.